The van der Waals surface area contributed by atoms with Gasteiger partial charge in [-0.15, -0.1) is 34.2 Å². The molecule has 31 heavy (non-hydrogen) atoms. The Morgan fingerprint density at radius 1 is 1.06 bits per heavy atom. The van der Waals surface area contributed by atoms with E-state index in [-0.39, 0.29) is 24.0 Å². The maximum atomic E-state index is 5.50. The van der Waals surface area contributed by atoms with E-state index in [9.17, 15) is 0 Å². The van der Waals surface area contributed by atoms with Gasteiger partial charge in [-0.05, 0) is 37.5 Å². The fourth-order valence-corrected chi connectivity index (χ4v) is 3.77. The number of rotatable bonds is 8. The third-order valence-electron chi connectivity index (χ3n) is 5.40. The van der Waals surface area contributed by atoms with Crippen LogP contribution in [0.4, 0.5) is 0 Å². The third-order valence-corrected chi connectivity index (χ3v) is 5.40. The number of fused-ring (bicyclic) bond motifs is 1. The van der Waals surface area contributed by atoms with Crippen molar-refractivity contribution in [2.24, 2.45) is 4.99 Å². The summed E-state index contributed by atoms with van der Waals surface area (Å²) in [6.07, 6.45) is 5.65. The molecule has 0 aliphatic carbocycles. The van der Waals surface area contributed by atoms with Gasteiger partial charge in [0, 0.05) is 52.4 Å². The van der Waals surface area contributed by atoms with E-state index in [1.165, 1.54) is 5.56 Å². The molecule has 2 aromatic rings. The second kappa shape index (κ2) is 12.1. The van der Waals surface area contributed by atoms with Crippen molar-refractivity contribution in [3.05, 3.63) is 36.4 Å². The number of aliphatic imine (C=N–C) groups is 1. The zero-order chi connectivity index (χ0) is 20.6. The van der Waals surface area contributed by atoms with Crippen molar-refractivity contribution < 1.29 is 9.47 Å². The second-order valence-corrected chi connectivity index (χ2v) is 7.59. The summed E-state index contributed by atoms with van der Waals surface area (Å²) in [5.41, 5.74) is 1.27. The summed E-state index contributed by atoms with van der Waals surface area (Å²) in [7, 11) is 0. The van der Waals surface area contributed by atoms with Gasteiger partial charge in [-0.2, -0.15) is 0 Å². The largest absolute Gasteiger partial charge is 0.454 e. The minimum Gasteiger partial charge on any atom is -0.454 e. The molecule has 9 nitrogen and oxygen atoms in total. The average Bonchev–Trinajstić information content (AvgIpc) is 3.45. The Hall–Kier alpha value is -2.08. The molecule has 1 aromatic carbocycles. The Morgan fingerprint density at radius 2 is 1.84 bits per heavy atom. The number of nitrogens with one attached hydrogen (secondary N) is 1. The van der Waals surface area contributed by atoms with Crippen LogP contribution in [0.2, 0.25) is 0 Å². The number of piperazine rings is 1. The van der Waals surface area contributed by atoms with Crippen molar-refractivity contribution in [1.82, 2.24) is 29.9 Å². The molecule has 0 bridgehead atoms. The Labute approximate surface area is 200 Å². The quantitative estimate of drug-likeness (QED) is 0.238. The lowest BCUT2D eigenvalue weighted by molar-refractivity contribution is 0.171. The molecule has 1 fully saturated rings. The molecule has 3 heterocycles. The Balaban J connectivity index is 0.00000272. The number of unbranched alkanes of at least 4 members (excludes halogenated alkanes) is 1. The summed E-state index contributed by atoms with van der Waals surface area (Å²) in [6.45, 7) is 10.0. The summed E-state index contributed by atoms with van der Waals surface area (Å²) in [6, 6.07) is 6.23. The van der Waals surface area contributed by atoms with E-state index >= 15 is 0 Å². The van der Waals surface area contributed by atoms with Gasteiger partial charge in [-0.1, -0.05) is 6.07 Å². The Morgan fingerprint density at radius 3 is 2.61 bits per heavy atom. The minimum absolute atomic E-state index is 0. The predicted octanol–water partition coefficient (Wildman–Crippen LogP) is 2.19. The number of benzene rings is 1. The number of hydrogen-bond donors (Lipinski definition) is 1. The molecule has 1 saturated heterocycles. The average molecular weight is 541 g/mol. The second-order valence-electron chi connectivity index (χ2n) is 7.59. The normalized spacial score (nSPS) is 16.3. The van der Waals surface area contributed by atoms with Crippen molar-refractivity contribution in [1.29, 1.82) is 0 Å². The number of hydrogen-bond acceptors (Lipinski definition) is 6. The molecule has 170 valence electrons. The summed E-state index contributed by atoms with van der Waals surface area (Å²) in [5, 5.41) is 11.1. The molecular weight excluding hydrogens is 509 g/mol. The lowest BCUT2D eigenvalue weighted by Gasteiger charge is -2.36. The number of halogens is 1. The molecule has 0 unspecified atom stereocenters. The molecule has 1 aromatic heterocycles. The topological polar surface area (TPSA) is 80.0 Å². The first-order valence-corrected chi connectivity index (χ1v) is 10.8. The Kier molecular flexibility index (Phi) is 9.19. The number of aryl methyl sites for hydroxylation is 1. The molecule has 0 amide bonds. The standard InChI is InChI=1S/C21H31N7O2.HI/c1-2-22-21(23-7-3-4-8-27-15-24-25-16-27)28-11-9-26(10-12-28)14-18-5-6-19-20(13-18)30-17-29-19;/h5-6,13,15-16H,2-4,7-12,14,17H2,1H3,(H,22,23);1H. The fraction of sp³-hybridized carbons (Fsp3) is 0.571. The van der Waals surface area contributed by atoms with Gasteiger partial charge in [-0.25, -0.2) is 0 Å². The van der Waals surface area contributed by atoms with Crippen molar-refractivity contribution >= 4 is 29.9 Å². The molecule has 2 aliphatic rings. The molecule has 0 spiro atoms. The first kappa shape index (κ1) is 23.6. The molecule has 2 aliphatic heterocycles. The number of aromatic nitrogens is 3. The lowest BCUT2D eigenvalue weighted by atomic mass is 10.1. The van der Waals surface area contributed by atoms with Crippen LogP contribution in [0.5, 0.6) is 11.5 Å². The van der Waals surface area contributed by atoms with Crippen LogP contribution in [0.1, 0.15) is 25.3 Å². The van der Waals surface area contributed by atoms with Gasteiger partial charge in [-0.3, -0.25) is 9.89 Å². The molecule has 0 atom stereocenters. The van der Waals surface area contributed by atoms with Gasteiger partial charge in [0.25, 0.3) is 0 Å². The van der Waals surface area contributed by atoms with Crippen molar-refractivity contribution in [3.8, 4) is 11.5 Å². The van der Waals surface area contributed by atoms with Gasteiger partial charge >= 0.3 is 0 Å². The number of guanidine groups is 1. The van der Waals surface area contributed by atoms with E-state index in [0.717, 1.165) is 82.7 Å². The van der Waals surface area contributed by atoms with Gasteiger partial charge in [0.05, 0.1) is 0 Å². The SMILES string of the molecule is CCNC(=NCCCCn1cnnc1)N1CCN(Cc2ccc3c(c2)OCO3)CC1.I. The molecule has 4 rings (SSSR count). The smallest absolute Gasteiger partial charge is 0.231 e. The van der Waals surface area contributed by atoms with E-state index in [1.54, 1.807) is 12.7 Å². The van der Waals surface area contributed by atoms with E-state index in [1.807, 2.05) is 10.6 Å². The number of nitrogens with zero attached hydrogens (tertiary/aromatic N) is 6. The first-order valence-electron chi connectivity index (χ1n) is 10.8. The summed E-state index contributed by atoms with van der Waals surface area (Å²) < 4.78 is 12.9. The summed E-state index contributed by atoms with van der Waals surface area (Å²) in [4.78, 5) is 9.70. The minimum atomic E-state index is 0. The molecule has 0 radical (unpaired) electrons. The third kappa shape index (κ3) is 6.70. The molecule has 1 N–H and O–H groups in total. The summed E-state index contributed by atoms with van der Waals surface area (Å²) >= 11 is 0. The highest BCUT2D eigenvalue weighted by molar-refractivity contribution is 14.0. The van der Waals surface area contributed by atoms with E-state index in [2.05, 4.69) is 44.4 Å². The van der Waals surface area contributed by atoms with Gasteiger partial charge in [0.15, 0.2) is 17.5 Å². The van der Waals surface area contributed by atoms with E-state index in [0.29, 0.717) is 6.79 Å². The fourth-order valence-electron chi connectivity index (χ4n) is 3.77. The van der Waals surface area contributed by atoms with Crippen LogP contribution in [0.25, 0.3) is 0 Å². The van der Waals surface area contributed by atoms with Crippen LogP contribution < -0.4 is 14.8 Å². The first-order chi connectivity index (χ1) is 14.8. The zero-order valence-electron chi connectivity index (χ0n) is 18.1. The van der Waals surface area contributed by atoms with E-state index in [4.69, 9.17) is 14.5 Å². The maximum absolute atomic E-state index is 5.50. The highest BCUT2D eigenvalue weighted by atomic mass is 127. The predicted molar refractivity (Wildman–Crippen MR) is 130 cm³/mol. The van der Waals surface area contributed by atoms with Crippen molar-refractivity contribution in [2.45, 2.75) is 32.9 Å². The van der Waals surface area contributed by atoms with Gasteiger partial charge in [0.1, 0.15) is 12.7 Å². The highest BCUT2D eigenvalue weighted by Crippen LogP contribution is 2.32. The zero-order valence-corrected chi connectivity index (χ0v) is 20.4. The monoisotopic (exact) mass is 541 g/mol. The highest BCUT2D eigenvalue weighted by Gasteiger charge is 2.20. The molecule has 0 saturated carbocycles. The van der Waals surface area contributed by atoms with Crippen molar-refractivity contribution in [2.75, 3.05) is 46.1 Å². The van der Waals surface area contributed by atoms with Crippen LogP contribution in [0.15, 0.2) is 35.8 Å². The van der Waals surface area contributed by atoms with Crippen molar-refractivity contribution in [3.63, 3.8) is 0 Å². The van der Waals surface area contributed by atoms with Gasteiger partial charge < -0.3 is 24.3 Å². The van der Waals surface area contributed by atoms with E-state index < -0.39 is 0 Å². The number of ether oxygens (including phenoxy) is 2. The Bertz CT molecular complexity index is 823. The maximum Gasteiger partial charge on any atom is 0.231 e. The molecule has 10 heteroatoms. The molecular formula is C21H32IN7O2. The van der Waals surface area contributed by atoms with Crippen LogP contribution >= 0.6 is 24.0 Å². The lowest BCUT2D eigenvalue weighted by Crippen LogP contribution is -2.52. The van der Waals surface area contributed by atoms with Crippen LogP contribution in [-0.4, -0.2) is 76.6 Å². The van der Waals surface area contributed by atoms with Gasteiger partial charge in [0.2, 0.25) is 6.79 Å². The van der Waals surface area contributed by atoms with Crippen LogP contribution in [-0.2, 0) is 13.1 Å². The van der Waals surface area contributed by atoms with Crippen LogP contribution in [0, 0.1) is 0 Å². The summed E-state index contributed by atoms with van der Waals surface area (Å²) in [5.74, 6) is 2.73. The van der Waals surface area contributed by atoms with Crippen LogP contribution in [0.3, 0.4) is 0 Å².